The molecule has 2 fully saturated rings. The highest BCUT2D eigenvalue weighted by Gasteiger charge is 2.51. The molecule has 12 heteroatoms. The van der Waals surface area contributed by atoms with Gasteiger partial charge in [0.05, 0.1) is 13.2 Å². The number of ether oxygens (including phenoxy) is 4. The van der Waals surface area contributed by atoms with Gasteiger partial charge in [-0.15, -0.1) is 0 Å². The quantitative estimate of drug-likeness (QED) is 0.125. The van der Waals surface area contributed by atoms with Gasteiger partial charge in [-0.05, 0) is 6.42 Å². The zero-order valence-electron chi connectivity index (χ0n) is 18.1. The Morgan fingerprint density at radius 2 is 1.31 bits per heavy atom. The second-order valence-electron chi connectivity index (χ2n) is 8.16. The number of carbonyl (C=O) groups is 1. The molecule has 0 aromatic rings. The van der Waals surface area contributed by atoms with E-state index in [4.69, 9.17) is 18.9 Å². The predicted octanol–water partition coefficient (Wildman–Crippen LogP) is -2.49. The van der Waals surface area contributed by atoms with Crippen LogP contribution < -0.4 is 0 Å². The van der Waals surface area contributed by atoms with E-state index in [-0.39, 0.29) is 6.42 Å². The molecule has 12 nitrogen and oxygen atoms in total. The van der Waals surface area contributed by atoms with Crippen LogP contribution in [-0.2, 0) is 23.7 Å². The molecular weight excluding hydrogens is 432 g/mol. The number of rotatable bonds is 11. The van der Waals surface area contributed by atoms with Crippen molar-refractivity contribution >= 4 is 5.97 Å². The lowest BCUT2D eigenvalue weighted by atomic mass is 9.97. The summed E-state index contributed by atoms with van der Waals surface area (Å²) in [5, 5.41) is 69.4. The Morgan fingerprint density at radius 3 is 1.91 bits per heavy atom. The van der Waals surface area contributed by atoms with Gasteiger partial charge >= 0.3 is 5.97 Å². The van der Waals surface area contributed by atoms with E-state index in [0.29, 0.717) is 6.42 Å². The fourth-order valence-electron chi connectivity index (χ4n) is 3.69. The lowest BCUT2D eigenvalue weighted by Gasteiger charge is -2.45. The van der Waals surface area contributed by atoms with E-state index in [9.17, 15) is 40.5 Å². The lowest BCUT2D eigenvalue weighted by Crippen LogP contribution is -2.64. The van der Waals surface area contributed by atoms with Gasteiger partial charge in [0.15, 0.2) is 12.4 Å². The van der Waals surface area contributed by atoms with Gasteiger partial charge in [-0.3, -0.25) is 4.79 Å². The maximum atomic E-state index is 12.3. The number of aliphatic hydroxyl groups is 7. The molecule has 0 amide bonds. The molecule has 2 heterocycles. The molecule has 2 rings (SSSR count). The summed E-state index contributed by atoms with van der Waals surface area (Å²) in [6, 6.07) is 0. The topological polar surface area (TPSA) is 196 Å². The van der Waals surface area contributed by atoms with Crippen LogP contribution in [-0.4, -0.2) is 116 Å². The van der Waals surface area contributed by atoms with Crippen molar-refractivity contribution in [1.82, 2.24) is 0 Å². The maximum absolute atomic E-state index is 12.3. The average molecular weight is 468 g/mol. The molecule has 0 aliphatic carbocycles. The molecule has 0 radical (unpaired) electrons. The largest absolute Gasteiger partial charge is 0.433 e. The lowest BCUT2D eigenvalue weighted by molar-refractivity contribution is -0.362. The third kappa shape index (κ3) is 6.79. The fourth-order valence-corrected chi connectivity index (χ4v) is 3.69. The second-order valence-corrected chi connectivity index (χ2v) is 8.16. The van der Waals surface area contributed by atoms with Crippen molar-refractivity contribution < 1.29 is 59.5 Å². The smallest absolute Gasteiger partial charge is 0.308 e. The number of esters is 1. The molecule has 10 atom stereocenters. The molecule has 0 aromatic heterocycles. The monoisotopic (exact) mass is 468 g/mol. The first-order chi connectivity index (χ1) is 15.2. The van der Waals surface area contributed by atoms with Crippen LogP contribution in [0, 0.1) is 0 Å². The summed E-state index contributed by atoms with van der Waals surface area (Å²) in [5.74, 6) is -0.644. The summed E-state index contributed by atoms with van der Waals surface area (Å²) in [6.07, 6.45) is -11.2. The van der Waals surface area contributed by atoms with Crippen molar-refractivity contribution in [3.05, 3.63) is 0 Å². The van der Waals surface area contributed by atoms with Gasteiger partial charge in [-0.25, -0.2) is 0 Å². The van der Waals surface area contributed by atoms with Crippen molar-refractivity contribution in [1.29, 1.82) is 0 Å². The Balaban J connectivity index is 2.07. The van der Waals surface area contributed by atoms with Gasteiger partial charge in [0, 0.05) is 6.42 Å². The number of aliphatic hydroxyl groups excluding tert-OH is 7. The van der Waals surface area contributed by atoms with Crippen molar-refractivity contribution in [3.8, 4) is 0 Å². The fraction of sp³-hybridized carbons (Fsp3) is 0.950. The van der Waals surface area contributed by atoms with Gasteiger partial charge in [0.1, 0.15) is 42.7 Å². The Kier molecular flexibility index (Phi) is 11.2. The third-order valence-corrected chi connectivity index (χ3v) is 5.70. The number of unbranched alkanes of at least 4 members (excludes halogenated alkanes) is 4. The molecule has 7 N–H and O–H groups in total. The number of carbonyl (C=O) groups excluding carboxylic acids is 1. The average Bonchev–Trinajstić information content (AvgIpc) is 2.78. The summed E-state index contributed by atoms with van der Waals surface area (Å²) >= 11 is 0. The Labute approximate surface area is 186 Å². The molecule has 2 saturated heterocycles. The van der Waals surface area contributed by atoms with Gasteiger partial charge in [0.25, 0.3) is 0 Å². The Bertz CT molecular complexity index is 561. The molecule has 188 valence electrons. The van der Waals surface area contributed by atoms with Crippen LogP contribution in [0.15, 0.2) is 0 Å². The highest BCUT2D eigenvalue weighted by molar-refractivity contribution is 5.69. The third-order valence-electron chi connectivity index (χ3n) is 5.70. The second kappa shape index (κ2) is 13.1. The predicted molar refractivity (Wildman–Crippen MR) is 106 cm³/mol. The highest BCUT2D eigenvalue weighted by atomic mass is 16.8. The molecule has 2 aliphatic heterocycles. The first kappa shape index (κ1) is 27.3. The van der Waals surface area contributed by atoms with Crippen molar-refractivity contribution in [2.24, 2.45) is 0 Å². The zero-order valence-corrected chi connectivity index (χ0v) is 18.1. The van der Waals surface area contributed by atoms with Crippen molar-refractivity contribution in [2.45, 2.75) is 107 Å². The van der Waals surface area contributed by atoms with Gasteiger partial charge in [-0.2, -0.15) is 0 Å². The normalized spacial score (nSPS) is 40.2. The van der Waals surface area contributed by atoms with Crippen molar-refractivity contribution in [2.75, 3.05) is 13.2 Å². The van der Waals surface area contributed by atoms with Crippen LogP contribution in [0.4, 0.5) is 0 Å². The van der Waals surface area contributed by atoms with Crippen LogP contribution in [0.25, 0.3) is 0 Å². The molecule has 0 spiro atoms. The van der Waals surface area contributed by atoms with E-state index in [1.807, 2.05) is 0 Å². The highest BCUT2D eigenvalue weighted by Crippen LogP contribution is 2.30. The van der Waals surface area contributed by atoms with Gasteiger partial charge in [0.2, 0.25) is 6.29 Å². The minimum atomic E-state index is -1.78. The van der Waals surface area contributed by atoms with Gasteiger partial charge < -0.3 is 54.7 Å². The Morgan fingerprint density at radius 1 is 0.750 bits per heavy atom. The summed E-state index contributed by atoms with van der Waals surface area (Å²) in [7, 11) is 0. The van der Waals surface area contributed by atoms with Gasteiger partial charge in [-0.1, -0.05) is 32.6 Å². The standard InChI is InChI=1S/C20H36O12/c1-2-3-4-5-6-7-12(23)31-20-18(16(27)14(25)11(9-22)30-20)32-19-17(28)15(26)13(24)10(8-21)29-19/h10-11,13-22,24-28H,2-9H2,1H3. The number of hydrogen-bond donors (Lipinski definition) is 7. The first-order valence-corrected chi connectivity index (χ1v) is 11.0. The minimum absolute atomic E-state index is 0.0821. The van der Waals surface area contributed by atoms with Crippen LogP contribution in [0.1, 0.15) is 45.4 Å². The van der Waals surface area contributed by atoms with Crippen LogP contribution >= 0.6 is 0 Å². The summed E-state index contributed by atoms with van der Waals surface area (Å²) in [6.45, 7) is 0.706. The van der Waals surface area contributed by atoms with E-state index < -0.39 is 80.6 Å². The zero-order chi connectivity index (χ0) is 23.8. The van der Waals surface area contributed by atoms with Crippen molar-refractivity contribution in [3.63, 3.8) is 0 Å². The first-order valence-electron chi connectivity index (χ1n) is 11.0. The molecule has 32 heavy (non-hydrogen) atoms. The van der Waals surface area contributed by atoms with E-state index in [1.165, 1.54) is 0 Å². The summed E-state index contributed by atoms with van der Waals surface area (Å²) < 4.78 is 21.4. The SMILES string of the molecule is CCCCCCCC(=O)OC1OC(CO)C(O)C(O)C1OC1OC(CO)C(O)C(O)C1O. The van der Waals surface area contributed by atoms with E-state index in [1.54, 1.807) is 0 Å². The molecular formula is C20H36O12. The van der Waals surface area contributed by atoms with Crippen LogP contribution in [0.3, 0.4) is 0 Å². The molecule has 2 aliphatic rings. The van der Waals surface area contributed by atoms with Crippen LogP contribution in [0.2, 0.25) is 0 Å². The maximum Gasteiger partial charge on any atom is 0.308 e. The summed E-state index contributed by atoms with van der Waals surface area (Å²) in [5.41, 5.74) is 0. The number of hydrogen-bond acceptors (Lipinski definition) is 12. The van der Waals surface area contributed by atoms with E-state index in [0.717, 1.165) is 25.7 Å². The summed E-state index contributed by atoms with van der Waals surface area (Å²) in [4.78, 5) is 12.3. The van der Waals surface area contributed by atoms with E-state index in [2.05, 4.69) is 6.92 Å². The molecule has 10 unspecified atom stereocenters. The van der Waals surface area contributed by atoms with E-state index >= 15 is 0 Å². The molecule has 0 saturated carbocycles. The van der Waals surface area contributed by atoms with Crippen LogP contribution in [0.5, 0.6) is 0 Å². The molecule has 0 aromatic carbocycles. The Hall–Kier alpha value is -0.930. The molecule has 0 bridgehead atoms. The minimum Gasteiger partial charge on any atom is -0.433 e.